The Hall–Kier alpha value is -2.02. The molecule has 0 aliphatic carbocycles. The second kappa shape index (κ2) is 7.04. The minimum absolute atomic E-state index is 0.427. The van der Waals surface area contributed by atoms with Crippen molar-refractivity contribution >= 4 is 8.32 Å². The standard InChI is InChI=1S/C20H24O2Si/c1-20(2,22-23(3,4)5)16-15-17-11-13-19(14-12-17)21-18-9-7-6-8-10-18/h6-14H,1-5H3. The average Bonchev–Trinajstić information content (AvgIpc) is 2.45. The molecule has 0 aromatic heterocycles. The monoisotopic (exact) mass is 324 g/mol. The summed E-state index contributed by atoms with van der Waals surface area (Å²) < 4.78 is 11.9. The largest absolute Gasteiger partial charge is 0.457 e. The molecule has 0 unspecified atom stereocenters. The smallest absolute Gasteiger partial charge is 0.185 e. The molecule has 0 fully saturated rings. The van der Waals surface area contributed by atoms with Gasteiger partial charge in [-0.3, -0.25) is 0 Å². The lowest BCUT2D eigenvalue weighted by molar-refractivity contribution is 0.164. The van der Waals surface area contributed by atoms with E-state index in [4.69, 9.17) is 9.16 Å². The number of rotatable bonds is 4. The molecule has 0 aliphatic heterocycles. The van der Waals surface area contributed by atoms with Crippen LogP contribution in [0.4, 0.5) is 0 Å². The van der Waals surface area contributed by atoms with E-state index in [0.29, 0.717) is 0 Å². The zero-order valence-corrected chi connectivity index (χ0v) is 15.5. The van der Waals surface area contributed by atoms with E-state index in [1.165, 1.54) is 0 Å². The normalized spacial score (nSPS) is 11.5. The second-order valence-corrected chi connectivity index (χ2v) is 11.3. The van der Waals surface area contributed by atoms with Gasteiger partial charge >= 0.3 is 0 Å². The van der Waals surface area contributed by atoms with Gasteiger partial charge in [-0.05, 0) is 69.9 Å². The van der Waals surface area contributed by atoms with E-state index >= 15 is 0 Å². The van der Waals surface area contributed by atoms with E-state index in [2.05, 4.69) is 31.5 Å². The lowest BCUT2D eigenvalue weighted by atomic mass is 10.1. The van der Waals surface area contributed by atoms with Crippen molar-refractivity contribution in [2.24, 2.45) is 0 Å². The van der Waals surface area contributed by atoms with E-state index in [1.54, 1.807) is 0 Å². The maximum Gasteiger partial charge on any atom is 0.185 e. The van der Waals surface area contributed by atoms with Gasteiger partial charge in [0, 0.05) is 5.56 Å². The molecule has 2 aromatic rings. The molecule has 0 atom stereocenters. The van der Waals surface area contributed by atoms with Gasteiger partial charge in [0.2, 0.25) is 0 Å². The number of hydrogen-bond acceptors (Lipinski definition) is 2. The molecular formula is C20H24O2Si. The SMILES string of the molecule is CC(C)(C#Cc1ccc(Oc2ccccc2)cc1)O[Si](C)(C)C. The fourth-order valence-corrected chi connectivity index (χ4v) is 3.83. The van der Waals surface area contributed by atoms with Crippen molar-refractivity contribution in [2.75, 3.05) is 0 Å². The van der Waals surface area contributed by atoms with Gasteiger partial charge in [0.25, 0.3) is 0 Å². The summed E-state index contributed by atoms with van der Waals surface area (Å²) in [6, 6.07) is 17.5. The van der Waals surface area contributed by atoms with E-state index in [1.807, 2.05) is 68.4 Å². The Morgan fingerprint density at radius 2 is 1.39 bits per heavy atom. The molecule has 0 radical (unpaired) electrons. The highest BCUT2D eigenvalue weighted by Crippen LogP contribution is 2.21. The fourth-order valence-electron chi connectivity index (χ4n) is 2.24. The van der Waals surface area contributed by atoms with Crippen LogP contribution in [0.2, 0.25) is 19.6 Å². The Balaban J connectivity index is 2.05. The van der Waals surface area contributed by atoms with Gasteiger partial charge in [0.05, 0.1) is 0 Å². The number of para-hydroxylation sites is 1. The summed E-state index contributed by atoms with van der Waals surface area (Å²) in [4.78, 5) is 0. The van der Waals surface area contributed by atoms with Crippen LogP contribution in [0.1, 0.15) is 19.4 Å². The summed E-state index contributed by atoms with van der Waals surface area (Å²) in [7, 11) is -1.61. The maximum absolute atomic E-state index is 6.09. The molecule has 23 heavy (non-hydrogen) atoms. The Morgan fingerprint density at radius 1 is 0.826 bits per heavy atom. The van der Waals surface area contributed by atoms with Crippen LogP contribution in [-0.4, -0.2) is 13.9 Å². The van der Waals surface area contributed by atoms with Crippen molar-refractivity contribution in [2.45, 2.75) is 39.1 Å². The first-order chi connectivity index (χ1) is 10.7. The lowest BCUT2D eigenvalue weighted by Gasteiger charge is -2.28. The first kappa shape index (κ1) is 17.3. The van der Waals surface area contributed by atoms with Crippen LogP contribution in [0.15, 0.2) is 54.6 Å². The number of ether oxygens (including phenoxy) is 1. The van der Waals surface area contributed by atoms with Crippen LogP contribution in [0.5, 0.6) is 11.5 Å². The topological polar surface area (TPSA) is 18.5 Å². The van der Waals surface area contributed by atoms with Crippen molar-refractivity contribution in [3.8, 4) is 23.3 Å². The van der Waals surface area contributed by atoms with Gasteiger partial charge in [-0.15, -0.1) is 0 Å². The van der Waals surface area contributed by atoms with Crippen LogP contribution < -0.4 is 4.74 Å². The van der Waals surface area contributed by atoms with Gasteiger partial charge in [-0.1, -0.05) is 30.0 Å². The quantitative estimate of drug-likeness (QED) is 0.549. The Labute approximate surface area is 140 Å². The molecule has 0 amide bonds. The van der Waals surface area contributed by atoms with E-state index in [0.717, 1.165) is 17.1 Å². The predicted molar refractivity (Wildman–Crippen MR) is 98.3 cm³/mol. The summed E-state index contributed by atoms with van der Waals surface area (Å²) in [6.45, 7) is 10.6. The fraction of sp³-hybridized carbons (Fsp3) is 0.300. The third-order valence-corrected chi connectivity index (χ3v) is 4.03. The molecule has 2 rings (SSSR count). The van der Waals surface area contributed by atoms with Crippen LogP contribution in [0.3, 0.4) is 0 Å². The lowest BCUT2D eigenvalue weighted by Crippen LogP contribution is -2.37. The van der Waals surface area contributed by atoms with Crippen LogP contribution in [0, 0.1) is 11.8 Å². The zero-order valence-electron chi connectivity index (χ0n) is 14.5. The maximum atomic E-state index is 6.09. The van der Waals surface area contributed by atoms with Gasteiger partial charge in [0.15, 0.2) is 8.32 Å². The van der Waals surface area contributed by atoms with Crippen molar-refractivity contribution in [1.82, 2.24) is 0 Å². The van der Waals surface area contributed by atoms with Gasteiger partial charge in [-0.25, -0.2) is 0 Å². The van der Waals surface area contributed by atoms with Crippen LogP contribution in [0.25, 0.3) is 0 Å². The van der Waals surface area contributed by atoms with E-state index < -0.39 is 13.9 Å². The second-order valence-electron chi connectivity index (χ2n) is 6.91. The summed E-state index contributed by atoms with van der Waals surface area (Å²) in [5, 5.41) is 0. The van der Waals surface area contributed by atoms with Crippen molar-refractivity contribution in [3.63, 3.8) is 0 Å². The Kier molecular flexibility index (Phi) is 5.30. The number of benzene rings is 2. The van der Waals surface area contributed by atoms with Crippen molar-refractivity contribution < 1.29 is 9.16 Å². The predicted octanol–water partition coefficient (Wildman–Crippen LogP) is 5.46. The van der Waals surface area contributed by atoms with Crippen molar-refractivity contribution in [1.29, 1.82) is 0 Å². The molecule has 0 heterocycles. The molecular weight excluding hydrogens is 300 g/mol. The van der Waals surface area contributed by atoms with Crippen LogP contribution in [-0.2, 0) is 4.43 Å². The number of hydrogen-bond donors (Lipinski definition) is 0. The highest BCUT2D eigenvalue weighted by atomic mass is 28.4. The molecule has 2 nitrogen and oxygen atoms in total. The molecule has 0 saturated heterocycles. The first-order valence-electron chi connectivity index (χ1n) is 7.80. The summed E-state index contributed by atoms with van der Waals surface area (Å²) >= 11 is 0. The summed E-state index contributed by atoms with van der Waals surface area (Å²) in [5.74, 6) is 8.05. The molecule has 2 aromatic carbocycles. The highest BCUT2D eigenvalue weighted by molar-refractivity contribution is 6.69. The van der Waals surface area contributed by atoms with Crippen molar-refractivity contribution in [3.05, 3.63) is 60.2 Å². The summed E-state index contributed by atoms with van der Waals surface area (Å²) in [5.41, 5.74) is 0.529. The third-order valence-electron chi connectivity index (χ3n) is 2.90. The summed E-state index contributed by atoms with van der Waals surface area (Å²) in [6.07, 6.45) is 0. The molecule has 0 N–H and O–H groups in total. The van der Waals surface area contributed by atoms with Crippen LogP contribution >= 0.6 is 0 Å². The highest BCUT2D eigenvalue weighted by Gasteiger charge is 2.25. The Morgan fingerprint density at radius 3 is 1.96 bits per heavy atom. The minimum atomic E-state index is -1.61. The molecule has 0 aliphatic rings. The van der Waals surface area contributed by atoms with Gasteiger partial charge in [-0.2, -0.15) is 0 Å². The minimum Gasteiger partial charge on any atom is -0.457 e. The molecule has 3 heteroatoms. The first-order valence-corrected chi connectivity index (χ1v) is 11.2. The average molecular weight is 324 g/mol. The van der Waals surface area contributed by atoms with E-state index in [9.17, 15) is 0 Å². The van der Waals surface area contributed by atoms with Gasteiger partial charge < -0.3 is 9.16 Å². The third kappa shape index (κ3) is 6.31. The molecule has 0 bridgehead atoms. The molecule has 0 saturated carbocycles. The molecule has 120 valence electrons. The Bertz CT molecular complexity index is 686. The zero-order chi connectivity index (χ0) is 16.9. The molecule has 0 spiro atoms. The van der Waals surface area contributed by atoms with Gasteiger partial charge in [0.1, 0.15) is 17.1 Å². The van der Waals surface area contributed by atoms with E-state index in [-0.39, 0.29) is 0 Å².